The fraction of sp³-hybridized carbons (Fsp3) is 0.250. The lowest BCUT2D eigenvalue weighted by Crippen LogP contribution is -2.37. The molecule has 0 atom stereocenters. The van der Waals surface area contributed by atoms with Crippen molar-refractivity contribution in [3.05, 3.63) is 64.9 Å². The lowest BCUT2D eigenvalue weighted by molar-refractivity contribution is 0.414. The van der Waals surface area contributed by atoms with Gasteiger partial charge in [0.25, 0.3) is 0 Å². The van der Waals surface area contributed by atoms with Crippen LogP contribution in [0.5, 0.6) is 5.75 Å². The van der Waals surface area contributed by atoms with Gasteiger partial charge in [-0.15, -0.1) is 0 Å². The SMILES string of the molecule is CN=C(NCCc1ccc(OC)cc1Cl)NCc1cccc(-c2ncn[nH]2)c1. The van der Waals surface area contributed by atoms with Gasteiger partial charge in [-0.05, 0) is 35.7 Å². The van der Waals surface area contributed by atoms with Crippen LogP contribution in [0, 0.1) is 0 Å². The average molecular weight is 399 g/mol. The number of halogens is 1. The summed E-state index contributed by atoms with van der Waals surface area (Å²) >= 11 is 6.29. The topological polar surface area (TPSA) is 87.2 Å². The first-order valence-corrected chi connectivity index (χ1v) is 9.29. The van der Waals surface area contributed by atoms with E-state index in [9.17, 15) is 0 Å². The Balaban J connectivity index is 1.51. The number of nitrogens with zero attached hydrogens (tertiary/aromatic N) is 3. The van der Waals surface area contributed by atoms with Crippen LogP contribution in [0.3, 0.4) is 0 Å². The molecule has 8 heteroatoms. The van der Waals surface area contributed by atoms with Gasteiger partial charge in [0, 0.05) is 30.7 Å². The second kappa shape index (κ2) is 9.75. The Morgan fingerprint density at radius 1 is 1.21 bits per heavy atom. The van der Waals surface area contributed by atoms with Crippen molar-refractivity contribution < 1.29 is 4.74 Å². The van der Waals surface area contributed by atoms with Crippen molar-refractivity contribution in [3.63, 3.8) is 0 Å². The lowest BCUT2D eigenvalue weighted by Gasteiger charge is -2.13. The molecule has 0 spiro atoms. The minimum absolute atomic E-state index is 0.644. The number of ether oxygens (including phenoxy) is 1. The van der Waals surface area contributed by atoms with Crippen LogP contribution in [0.25, 0.3) is 11.4 Å². The van der Waals surface area contributed by atoms with Crippen LogP contribution in [0.1, 0.15) is 11.1 Å². The molecule has 0 saturated heterocycles. The van der Waals surface area contributed by atoms with E-state index in [4.69, 9.17) is 16.3 Å². The number of benzene rings is 2. The van der Waals surface area contributed by atoms with E-state index >= 15 is 0 Å². The Bertz CT molecular complexity index is 926. The lowest BCUT2D eigenvalue weighted by atomic mass is 10.1. The van der Waals surface area contributed by atoms with Crippen molar-refractivity contribution in [1.82, 2.24) is 25.8 Å². The average Bonchev–Trinajstić information content (AvgIpc) is 3.26. The zero-order valence-electron chi connectivity index (χ0n) is 15.9. The number of nitrogens with one attached hydrogen (secondary N) is 3. The minimum Gasteiger partial charge on any atom is -0.497 e. The summed E-state index contributed by atoms with van der Waals surface area (Å²) < 4.78 is 5.18. The normalized spacial score (nSPS) is 11.3. The van der Waals surface area contributed by atoms with E-state index in [1.54, 1.807) is 14.2 Å². The van der Waals surface area contributed by atoms with Crippen LogP contribution in [-0.2, 0) is 13.0 Å². The van der Waals surface area contributed by atoms with Crippen LogP contribution in [0.2, 0.25) is 5.02 Å². The van der Waals surface area contributed by atoms with Gasteiger partial charge in [0.2, 0.25) is 0 Å². The maximum absolute atomic E-state index is 6.29. The van der Waals surface area contributed by atoms with E-state index < -0.39 is 0 Å². The molecule has 0 saturated carbocycles. The molecule has 0 radical (unpaired) electrons. The number of H-pyrrole nitrogens is 1. The molecule has 0 aliphatic rings. The summed E-state index contributed by atoms with van der Waals surface area (Å²) in [5.74, 6) is 2.24. The van der Waals surface area contributed by atoms with E-state index in [-0.39, 0.29) is 0 Å². The van der Waals surface area contributed by atoms with Crippen molar-refractivity contribution in [2.24, 2.45) is 4.99 Å². The monoisotopic (exact) mass is 398 g/mol. The predicted molar refractivity (Wildman–Crippen MR) is 112 cm³/mol. The standard InChI is InChI=1S/C20H23ClN6O/c1-22-20(23-9-8-15-6-7-17(28-2)11-18(15)21)24-12-14-4-3-5-16(10-14)19-25-13-26-27-19/h3-7,10-11,13H,8-9,12H2,1-2H3,(H2,22,23,24)(H,25,26,27). The van der Waals surface area contributed by atoms with Crippen LogP contribution in [0.15, 0.2) is 53.8 Å². The minimum atomic E-state index is 0.644. The van der Waals surface area contributed by atoms with Gasteiger partial charge in [0.1, 0.15) is 12.1 Å². The van der Waals surface area contributed by atoms with E-state index in [2.05, 4.69) is 42.9 Å². The zero-order valence-corrected chi connectivity index (χ0v) is 16.6. The van der Waals surface area contributed by atoms with Gasteiger partial charge in [-0.25, -0.2) is 4.98 Å². The van der Waals surface area contributed by atoms with Gasteiger partial charge >= 0.3 is 0 Å². The maximum Gasteiger partial charge on any atom is 0.191 e. The molecule has 0 bridgehead atoms. The highest BCUT2D eigenvalue weighted by atomic mass is 35.5. The number of guanidine groups is 1. The summed E-state index contributed by atoms with van der Waals surface area (Å²) in [6.45, 7) is 1.36. The molecule has 3 aromatic rings. The molecule has 146 valence electrons. The summed E-state index contributed by atoms with van der Waals surface area (Å²) in [5.41, 5.74) is 3.18. The zero-order chi connectivity index (χ0) is 19.8. The number of rotatable bonds is 7. The summed E-state index contributed by atoms with van der Waals surface area (Å²) in [6.07, 6.45) is 2.28. The molecule has 7 nitrogen and oxygen atoms in total. The number of aromatic amines is 1. The largest absolute Gasteiger partial charge is 0.497 e. The third kappa shape index (κ3) is 5.23. The number of aliphatic imine (C=N–C) groups is 1. The quantitative estimate of drug-likeness (QED) is 0.420. The smallest absolute Gasteiger partial charge is 0.191 e. The van der Waals surface area contributed by atoms with Crippen LogP contribution < -0.4 is 15.4 Å². The van der Waals surface area contributed by atoms with Crippen molar-refractivity contribution >= 4 is 17.6 Å². The van der Waals surface area contributed by atoms with Crippen LogP contribution >= 0.6 is 11.6 Å². The molecule has 0 unspecified atom stereocenters. The maximum atomic E-state index is 6.29. The predicted octanol–water partition coefficient (Wildman–Crippen LogP) is 3.04. The summed E-state index contributed by atoms with van der Waals surface area (Å²) in [6, 6.07) is 13.8. The van der Waals surface area contributed by atoms with Crippen molar-refractivity contribution in [3.8, 4) is 17.1 Å². The third-order valence-electron chi connectivity index (χ3n) is 4.25. The van der Waals surface area contributed by atoms with E-state index in [0.717, 1.165) is 40.6 Å². The molecule has 0 amide bonds. The van der Waals surface area contributed by atoms with Gasteiger partial charge in [-0.3, -0.25) is 10.1 Å². The highest BCUT2D eigenvalue weighted by Gasteiger charge is 2.05. The van der Waals surface area contributed by atoms with Gasteiger partial charge in [0.05, 0.1) is 7.11 Å². The second-order valence-corrected chi connectivity index (χ2v) is 6.50. The molecule has 28 heavy (non-hydrogen) atoms. The summed E-state index contributed by atoms with van der Waals surface area (Å²) in [4.78, 5) is 8.45. The van der Waals surface area contributed by atoms with E-state index in [1.165, 1.54) is 6.33 Å². The first-order valence-electron chi connectivity index (χ1n) is 8.91. The molecule has 3 N–H and O–H groups in total. The highest BCUT2D eigenvalue weighted by Crippen LogP contribution is 2.22. The molecule has 1 heterocycles. The summed E-state index contributed by atoms with van der Waals surface area (Å²) in [7, 11) is 3.38. The Morgan fingerprint density at radius 2 is 2.11 bits per heavy atom. The third-order valence-corrected chi connectivity index (χ3v) is 4.60. The molecule has 0 aliphatic heterocycles. The van der Waals surface area contributed by atoms with Crippen LogP contribution in [0.4, 0.5) is 0 Å². The Labute approximate surface area is 169 Å². The molecule has 2 aromatic carbocycles. The second-order valence-electron chi connectivity index (χ2n) is 6.09. The Kier molecular flexibility index (Phi) is 6.86. The number of aromatic nitrogens is 3. The highest BCUT2D eigenvalue weighted by molar-refractivity contribution is 6.31. The van der Waals surface area contributed by atoms with Gasteiger partial charge in [0.15, 0.2) is 11.8 Å². The fourth-order valence-corrected chi connectivity index (χ4v) is 3.02. The Morgan fingerprint density at radius 3 is 2.82 bits per heavy atom. The molecule has 1 aromatic heterocycles. The first-order chi connectivity index (χ1) is 13.7. The van der Waals surface area contributed by atoms with E-state index in [0.29, 0.717) is 18.1 Å². The molecular weight excluding hydrogens is 376 g/mol. The van der Waals surface area contributed by atoms with Crippen LogP contribution in [-0.4, -0.2) is 41.8 Å². The van der Waals surface area contributed by atoms with Crippen molar-refractivity contribution in [2.75, 3.05) is 20.7 Å². The molecule has 0 aliphatic carbocycles. The molecular formula is C20H23ClN6O. The number of methoxy groups -OCH3 is 1. The van der Waals surface area contributed by atoms with Crippen molar-refractivity contribution in [2.45, 2.75) is 13.0 Å². The van der Waals surface area contributed by atoms with Gasteiger partial charge in [-0.2, -0.15) is 5.10 Å². The first kappa shape index (κ1) is 19.7. The van der Waals surface area contributed by atoms with E-state index in [1.807, 2.05) is 30.3 Å². The van der Waals surface area contributed by atoms with Gasteiger partial charge < -0.3 is 15.4 Å². The van der Waals surface area contributed by atoms with Crippen molar-refractivity contribution in [1.29, 1.82) is 0 Å². The Hall–Kier alpha value is -3.06. The summed E-state index contributed by atoms with van der Waals surface area (Å²) in [5, 5.41) is 14.1. The fourth-order valence-electron chi connectivity index (χ4n) is 2.75. The molecule has 3 rings (SSSR count). The number of hydrogen-bond donors (Lipinski definition) is 3. The number of hydrogen-bond acceptors (Lipinski definition) is 4. The molecule has 0 fully saturated rings. The van der Waals surface area contributed by atoms with Gasteiger partial charge in [-0.1, -0.05) is 35.9 Å².